The van der Waals surface area contributed by atoms with Crippen molar-refractivity contribution in [1.29, 1.82) is 0 Å². The maximum Gasteiger partial charge on any atom is 0.308 e. The zero-order valence-corrected chi connectivity index (χ0v) is 15.4. The maximum atomic E-state index is 12.7. The van der Waals surface area contributed by atoms with E-state index in [1.807, 2.05) is 19.1 Å². The summed E-state index contributed by atoms with van der Waals surface area (Å²) in [6.45, 7) is 1.82. The van der Waals surface area contributed by atoms with Gasteiger partial charge in [-0.25, -0.2) is 4.68 Å². The van der Waals surface area contributed by atoms with Gasteiger partial charge in [-0.05, 0) is 44.0 Å². The number of carbonyl (C=O) groups excluding carboxylic acids is 1. The minimum Gasteiger partial charge on any atom is -0.481 e. The number of benzene rings is 1. The minimum atomic E-state index is -0.842. The number of rotatable bonds is 4. The highest BCUT2D eigenvalue weighted by Crippen LogP contribution is 2.24. The second kappa shape index (κ2) is 7.91. The lowest BCUT2D eigenvalue weighted by Gasteiger charge is -2.22. The Morgan fingerprint density at radius 1 is 1.19 bits per heavy atom. The molecule has 1 aromatic carbocycles. The lowest BCUT2D eigenvalue weighted by atomic mass is 9.94. The average Bonchev–Trinajstić information content (AvgIpc) is 2.84. The van der Waals surface area contributed by atoms with Gasteiger partial charge in [0.25, 0.3) is 5.91 Å². The lowest BCUT2D eigenvalue weighted by molar-refractivity contribution is -0.142. The highest BCUT2D eigenvalue weighted by Gasteiger charge is 2.31. The van der Waals surface area contributed by atoms with Crippen molar-refractivity contribution in [2.45, 2.75) is 45.1 Å². The van der Waals surface area contributed by atoms with E-state index in [1.54, 1.807) is 16.8 Å². The van der Waals surface area contributed by atoms with Gasteiger partial charge in [-0.15, -0.1) is 0 Å². The summed E-state index contributed by atoms with van der Waals surface area (Å²) in [5.41, 5.74) is 1.96. The molecule has 6 nitrogen and oxygen atoms in total. The monoisotopic (exact) mass is 375 g/mol. The van der Waals surface area contributed by atoms with E-state index >= 15 is 0 Å². The molecule has 2 atom stereocenters. The Kier molecular flexibility index (Phi) is 5.61. The first kappa shape index (κ1) is 18.5. The average molecular weight is 376 g/mol. The number of nitrogens with zero attached hydrogens (tertiary/aromatic N) is 2. The van der Waals surface area contributed by atoms with Crippen LogP contribution in [0.2, 0.25) is 5.02 Å². The molecule has 7 heteroatoms. The normalized spacial score (nSPS) is 20.4. The topological polar surface area (TPSA) is 84.2 Å². The number of hydrogen-bond donors (Lipinski definition) is 2. The van der Waals surface area contributed by atoms with Crippen LogP contribution in [0.5, 0.6) is 0 Å². The zero-order valence-electron chi connectivity index (χ0n) is 14.6. The molecule has 0 unspecified atom stereocenters. The van der Waals surface area contributed by atoms with Crippen molar-refractivity contribution in [3.05, 3.63) is 46.7 Å². The van der Waals surface area contributed by atoms with Gasteiger partial charge in [0.15, 0.2) is 0 Å². The number of hydrogen-bond acceptors (Lipinski definition) is 3. The van der Waals surface area contributed by atoms with Crippen LogP contribution in [0.25, 0.3) is 5.69 Å². The summed E-state index contributed by atoms with van der Waals surface area (Å²) in [5, 5.41) is 17.3. The molecule has 1 aliphatic rings. The summed E-state index contributed by atoms with van der Waals surface area (Å²) in [7, 11) is 0. The van der Waals surface area contributed by atoms with Crippen LogP contribution in [-0.4, -0.2) is 32.8 Å². The van der Waals surface area contributed by atoms with Gasteiger partial charge >= 0.3 is 5.97 Å². The lowest BCUT2D eigenvalue weighted by Crippen LogP contribution is -2.43. The van der Waals surface area contributed by atoms with Gasteiger partial charge in [0.2, 0.25) is 0 Å². The molecular formula is C19H22ClN3O3. The Morgan fingerprint density at radius 2 is 1.88 bits per heavy atom. The van der Waals surface area contributed by atoms with Crippen LogP contribution in [0.4, 0.5) is 0 Å². The van der Waals surface area contributed by atoms with Crippen molar-refractivity contribution in [3.63, 3.8) is 0 Å². The third kappa shape index (κ3) is 3.90. The fourth-order valence-corrected chi connectivity index (χ4v) is 3.62. The first-order valence-corrected chi connectivity index (χ1v) is 9.19. The molecule has 0 aliphatic heterocycles. The van der Waals surface area contributed by atoms with Crippen LogP contribution in [0.3, 0.4) is 0 Å². The number of carbonyl (C=O) groups is 2. The van der Waals surface area contributed by atoms with Crippen molar-refractivity contribution in [2.75, 3.05) is 0 Å². The highest BCUT2D eigenvalue weighted by molar-refractivity contribution is 6.30. The van der Waals surface area contributed by atoms with Crippen LogP contribution in [0.1, 0.15) is 48.2 Å². The predicted octanol–water partition coefficient (Wildman–Crippen LogP) is 3.60. The fourth-order valence-electron chi connectivity index (χ4n) is 3.50. The molecule has 2 aromatic rings. The molecule has 1 amide bonds. The molecule has 1 aliphatic carbocycles. The van der Waals surface area contributed by atoms with E-state index in [9.17, 15) is 14.7 Å². The van der Waals surface area contributed by atoms with Gasteiger partial charge in [-0.1, -0.05) is 30.9 Å². The van der Waals surface area contributed by atoms with E-state index < -0.39 is 11.9 Å². The highest BCUT2D eigenvalue weighted by atomic mass is 35.5. The molecule has 0 spiro atoms. The summed E-state index contributed by atoms with van der Waals surface area (Å²) >= 11 is 5.91. The van der Waals surface area contributed by atoms with Gasteiger partial charge < -0.3 is 10.4 Å². The van der Waals surface area contributed by atoms with Gasteiger partial charge in [-0.2, -0.15) is 5.10 Å². The van der Waals surface area contributed by atoms with Gasteiger partial charge in [-0.3, -0.25) is 9.59 Å². The first-order chi connectivity index (χ1) is 12.5. The van der Waals surface area contributed by atoms with E-state index in [0.29, 0.717) is 29.1 Å². The molecule has 3 rings (SSSR count). The van der Waals surface area contributed by atoms with Crippen LogP contribution in [-0.2, 0) is 4.79 Å². The predicted molar refractivity (Wildman–Crippen MR) is 98.8 cm³/mol. The molecule has 0 radical (unpaired) electrons. The number of amides is 1. The number of aliphatic carboxylic acids is 1. The Hall–Kier alpha value is -2.34. The summed E-state index contributed by atoms with van der Waals surface area (Å²) < 4.78 is 1.67. The fraction of sp³-hybridized carbons (Fsp3) is 0.421. The Balaban J connectivity index is 1.79. The Morgan fingerprint density at radius 3 is 2.58 bits per heavy atom. The first-order valence-electron chi connectivity index (χ1n) is 8.81. The van der Waals surface area contributed by atoms with Crippen molar-refractivity contribution < 1.29 is 14.7 Å². The molecule has 1 fully saturated rings. The molecule has 0 bridgehead atoms. The van der Waals surface area contributed by atoms with Crippen molar-refractivity contribution in [2.24, 2.45) is 5.92 Å². The van der Waals surface area contributed by atoms with Crippen LogP contribution in [0, 0.1) is 12.8 Å². The molecule has 2 N–H and O–H groups in total. The van der Waals surface area contributed by atoms with Gasteiger partial charge in [0.1, 0.15) is 0 Å². The van der Waals surface area contributed by atoms with Crippen LogP contribution in [0.15, 0.2) is 30.5 Å². The Labute approximate surface area is 157 Å². The molecule has 26 heavy (non-hydrogen) atoms. The van der Waals surface area contributed by atoms with Crippen LogP contribution < -0.4 is 5.32 Å². The standard InChI is InChI=1S/C19H22ClN3O3/c1-12-16(11-21-23(12)14-9-7-13(20)8-10-14)18(24)22-17-6-4-2-3-5-15(17)19(25)26/h7-11,15,17H,2-6H2,1H3,(H,22,24)(H,25,26)/t15-,17+/m1/s1. The van der Waals surface area contributed by atoms with Crippen LogP contribution >= 0.6 is 11.6 Å². The summed E-state index contributed by atoms with van der Waals surface area (Å²) in [6.07, 6.45) is 5.63. The third-order valence-corrected chi connectivity index (χ3v) is 5.23. The minimum absolute atomic E-state index is 0.277. The number of carboxylic acid groups (broad SMARTS) is 1. The molecule has 138 valence electrons. The zero-order chi connectivity index (χ0) is 18.7. The van der Waals surface area contributed by atoms with E-state index in [-0.39, 0.29) is 11.9 Å². The number of halogens is 1. The molecule has 1 aromatic heterocycles. The second-order valence-corrected chi connectivity index (χ2v) is 7.13. The molecular weight excluding hydrogens is 354 g/mol. The van der Waals surface area contributed by atoms with Gasteiger partial charge in [0, 0.05) is 11.1 Å². The molecule has 1 saturated carbocycles. The SMILES string of the molecule is Cc1c(C(=O)N[C@H]2CCCCC[C@H]2C(=O)O)cnn1-c1ccc(Cl)cc1. The second-order valence-electron chi connectivity index (χ2n) is 6.69. The largest absolute Gasteiger partial charge is 0.481 e. The number of nitrogens with one attached hydrogen (secondary N) is 1. The third-order valence-electron chi connectivity index (χ3n) is 4.98. The number of carboxylic acids is 1. The number of aromatic nitrogens is 2. The van der Waals surface area contributed by atoms with E-state index in [1.165, 1.54) is 6.20 Å². The smallest absolute Gasteiger partial charge is 0.308 e. The molecule has 0 saturated heterocycles. The quantitative estimate of drug-likeness (QED) is 0.799. The Bertz CT molecular complexity index is 801. The molecule has 1 heterocycles. The van der Waals surface area contributed by atoms with Crippen molar-refractivity contribution >= 4 is 23.5 Å². The van der Waals surface area contributed by atoms with Gasteiger partial charge in [0.05, 0.1) is 29.1 Å². The summed E-state index contributed by atoms with van der Waals surface area (Å²) in [4.78, 5) is 24.3. The van der Waals surface area contributed by atoms with Crippen molar-refractivity contribution in [1.82, 2.24) is 15.1 Å². The summed E-state index contributed by atoms with van der Waals surface area (Å²) in [6, 6.07) is 6.84. The summed E-state index contributed by atoms with van der Waals surface area (Å²) in [5.74, 6) is -1.65. The van der Waals surface area contributed by atoms with E-state index in [2.05, 4.69) is 10.4 Å². The maximum absolute atomic E-state index is 12.7. The van der Waals surface area contributed by atoms with E-state index in [4.69, 9.17) is 11.6 Å². The van der Waals surface area contributed by atoms with E-state index in [0.717, 1.165) is 24.9 Å². The van der Waals surface area contributed by atoms with Crippen molar-refractivity contribution in [3.8, 4) is 5.69 Å².